The molecule has 0 aromatic heterocycles. The fourth-order valence-electron chi connectivity index (χ4n) is 3.48. The van der Waals surface area contributed by atoms with Gasteiger partial charge < -0.3 is 14.8 Å². The number of rotatable bonds is 6. The summed E-state index contributed by atoms with van der Waals surface area (Å²) in [6.45, 7) is 1.22. The molecule has 0 aliphatic carbocycles. The topological polar surface area (TPSA) is 102 Å². The molecule has 9 heteroatoms. The van der Waals surface area contributed by atoms with Gasteiger partial charge in [0, 0.05) is 11.3 Å². The molecule has 8 nitrogen and oxygen atoms in total. The number of ketones is 1. The lowest BCUT2D eigenvalue weighted by Gasteiger charge is -2.34. The number of fused-ring (bicyclic) bond motifs is 1. The van der Waals surface area contributed by atoms with E-state index in [1.54, 1.807) is 60.7 Å². The SMILES string of the molecule is COc1ccc(S(=O)(=O)N2C[C@@H](C(=O)Nc3cccc(C(C)=O)c3)Oc3ccccc32)cc1. The Morgan fingerprint density at radius 1 is 1.03 bits per heavy atom. The van der Waals surface area contributed by atoms with Crippen molar-refractivity contribution in [2.45, 2.75) is 17.9 Å². The Morgan fingerprint density at radius 3 is 2.45 bits per heavy atom. The monoisotopic (exact) mass is 466 g/mol. The number of amides is 1. The predicted octanol–water partition coefficient (Wildman–Crippen LogP) is 3.49. The fraction of sp³-hybridized carbons (Fsp3) is 0.167. The second-order valence-corrected chi connectivity index (χ2v) is 9.27. The van der Waals surface area contributed by atoms with Crippen molar-refractivity contribution in [2.24, 2.45) is 0 Å². The Bertz CT molecular complexity index is 1300. The van der Waals surface area contributed by atoms with E-state index in [1.807, 2.05) is 0 Å². The summed E-state index contributed by atoms with van der Waals surface area (Å²) < 4.78 is 39.0. The number of methoxy groups -OCH3 is 1. The van der Waals surface area contributed by atoms with Crippen LogP contribution in [-0.2, 0) is 14.8 Å². The second-order valence-electron chi connectivity index (χ2n) is 7.41. The first-order chi connectivity index (χ1) is 15.8. The Balaban J connectivity index is 1.64. The van der Waals surface area contributed by atoms with Gasteiger partial charge in [0.15, 0.2) is 11.9 Å². The summed E-state index contributed by atoms with van der Waals surface area (Å²) in [6, 6.07) is 19.2. The molecule has 3 aromatic rings. The van der Waals surface area contributed by atoms with E-state index in [0.717, 1.165) is 0 Å². The molecule has 0 bridgehead atoms. The molecule has 1 amide bonds. The van der Waals surface area contributed by atoms with Crippen LogP contribution in [0.5, 0.6) is 11.5 Å². The maximum atomic E-state index is 13.5. The van der Waals surface area contributed by atoms with E-state index in [2.05, 4.69) is 5.32 Å². The number of Topliss-reactive ketones (excluding diaryl/α,β-unsaturated/α-hetero) is 1. The van der Waals surface area contributed by atoms with Crippen molar-refractivity contribution >= 4 is 33.1 Å². The summed E-state index contributed by atoms with van der Waals surface area (Å²) in [7, 11) is -2.49. The molecule has 0 radical (unpaired) electrons. The van der Waals surface area contributed by atoms with Gasteiger partial charge in [0.2, 0.25) is 0 Å². The highest BCUT2D eigenvalue weighted by Crippen LogP contribution is 2.37. The Kier molecular flexibility index (Phi) is 6.06. The zero-order valence-electron chi connectivity index (χ0n) is 18.0. The van der Waals surface area contributed by atoms with E-state index in [0.29, 0.717) is 22.7 Å². The molecule has 0 unspecified atom stereocenters. The standard InChI is InChI=1S/C24H22N2O6S/c1-16(27)17-6-5-7-18(14-17)25-24(28)23-15-26(21-8-3-4-9-22(21)32-23)33(29,30)20-12-10-19(31-2)11-13-20/h3-14,23H,15H2,1-2H3,(H,25,28)/t23-/m0/s1. The molecule has 1 N–H and O–H groups in total. The maximum Gasteiger partial charge on any atom is 0.267 e. The number of para-hydroxylation sites is 2. The number of nitrogens with zero attached hydrogens (tertiary/aromatic N) is 1. The van der Waals surface area contributed by atoms with Crippen LogP contribution in [0.3, 0.4) is 0 Å². The number of benzene rings is 3. The Labute approximate surface area is 191 Å². The first-order valence-electron chi connectivity index (χ1n) is 10.1. The number of carbonyl (C=O) groups excluding carboxylic acids is 2. The summed E-state index contributed by atoms with van der Waals surface area (Å²) >= 11 is 0. The summed E-state index contributed by atoms with van der Waals surface area (Å²) in [6.07, 6.45) is -1.10. The molecule has 1 atom stereocenters. The number of sulfonamides is 1. The third-order valence-corrected chi connectivity index (χ3v) is 7.01. The van der Waals surface area contributed by atoms with Gasteiger partial charge in [-0.25, -0.2) is 8.42 Å². The lowest BCUT2D eigenvalue weighted by atomic mass is 10.1. The molecule has 3 aromatic carbocycles. The van der Waals surface area contributed by atoms with Gasteiger partial charge in [-0.3, -0.25) is 13.9 Å². The van der Waals surface area contributed by atoms with Crippen molar-refractivity contribution in [3.8, 4) is 11.5 Å². The Hall–Kier alpha value is -3.85. The van der Waals surface area contributed by atoms with E-state index >= 15 is 0 Å². The zero-order chi connectivity index (χ0) is 23.6. The molecule has 170 valence electrons. The van der Waals surface area contributed by atoms with Crippen LogP contribution in [-0.4, -0.2) is 39.9 Å². The van der Waals surface area contributed by atoms with Gasteiger partial charge in [0.1, 0.15) is 11.5 Å². The molecular weight excluding hydrogens is 444 g/mol. The van der Waals surface area contributed by atoms with Crippen LogP contribution in [0.1, 0.15) is 17.3 Å². The third-order valence-electron chi connectivity index (χ3n) is 5.21. The number of hydrogen-bond acceptors (Lipinski definition) is 6. The zero-order valence-corrected chi connectivity index (χ0v) is 18.8. The van der Waals surface area contributed by atoms with Gasteiger partial charge in [-0.15, -0.1) is 0 Å². The van der Waals surface area contributed by atoms with E-state index in [4.69, 9.17) is 9.47 Å². The van der Waals surface area contributed by atoms with Crippen LogP contribution in [0.2, 0.25) is 0 Å². The number of ether oxygens (including phenoxy) is 2. The quantitative estimate of drug-likeness (QED) is 0.558. The molecule has 1 heterocycles. The van der Waals surface area contributed by atoms with Crippen molar-refractivity contribution in [3.63, 3.8) is 0 Å². The number of nitrogens with one attached hydrogen (secondary N) is 1. The van der Waals surface area contributed by atoms with Crippen molar-refractivity contribution in [1.29, 1.82) is 0 Å². The van der Waals surface area contributed by atoms with Crippen LogP contribution < -0.4 is 19.1 Å². The van der Waals surface area contributed by atoms with Crippen LogP contribution in [0.25, 0.3) is 0 Å². The first kappa shape index (κ1) is 22.3. The van der Waals surface area contributed by atoms with Gasteiger partial charge in [0.25, 0.3) is 15.9 Å². The molecule has 4 rings (SSSR count). The van der Waals surface area contributed by atoms with E-state index < -0.39 is 22.0 Å². The highest BCUT2D eigenvalue weighted by atomic mass is 32.2. The molecule has 0 spiro atoms. The molecule has 0 saturated carbocycles. The minimum Gasteiger partial charge on any atom is -0.497 e. The molecular formula is C24H22N2O6S. The average molecular weight is 467 g/mol. The lowest BCUT2D eigenvalue weighted by Crippen LogP contribution is -2.48. The summed E-state index contributed by atoms with van der Waals surface area (Å²) in [4.78, 5) is 24.7. The van der Waals surface area contributed by atoms with Gasteiger partial charge in [-0.05, 0) is 55.5 Å². The largest absolute Gasteiger partial charge is 0.497 e. The highest BCUT2D eigenvalue weighted by molar-refractivity contribution is 7.92. The highest BCUT2D eigenvalue weighted by Gasteiger charge is 2.37. The average Bonchev–Trinajstić information content (AvgIpc) is 2.83. The van der Waals surface area contributed by atoms with Crippen molar-refractivity contribution in [2.75, 3.05) is 23.3 Å². The van der Waals surface area contributed by atoms with Crippen molar-refractivity contribution in [3.05, 3.63) is 78.4 Å². The van der Waals surface area contributed by atoms with Crippen LogP contribution in [0, 0.1) is 0 Å². The molecule has 0 fully saturated rings. The second kappa shape index (κ2) is 8.95. The van der Waals surface area contributed by atoms with E-state index in [-0.39, 0.29) is 23.0 Å². The van der Waals surface area contributed by atoms with E-state index in [1.165, 1.54) is 30.5 Å². The smallest absolute Gasteiger partial charge is 0.267 e. The van der Waals surface area contributed by atoms with Crippen LogP contribution >= 0.6 is 0 Å². The van der Waals surface area contributed by atoms with Crippen LogP contribution in [0.4, 0.5) is 11.4 Å². The summed E-state index contributed by atoms with van der Waals surface area (Å²) in [5.41, 5.74) is 1.21. The normalized spacial score (nSPS) is 15.2. The molecule has 0 saturated heterocycles. The lowest BCUT2D eigenvalue weighted by molar-refractivity contribution is -0.122. The molecule has 1 aliphatic heterocycles. The number of anilines is 2. The van der Waals surface area contributed by atoms with Gasteiger partial charge >= 0.3 is 0 Å². The predicted molar refractivity (Wildman–Crippen MR) is 123 cm³/mol. The van der Waals surface area contributed by atoms with Crippen LogP contribution in [0.15, 0.2) is 77.7 Å². The van der Waals surface area contributed by atoms with Crippen molar-refractivity contribution < 1.29 is 27.5 Å². The number of hydrogen-bond donors (Lipinski definition) is 1. The van der Waals surface area contributed by atoms with Gasteiger partial charge in [-0.2, -0.15) is 0 Å². The van der Waals surface area contributed by atoms with Gasteiger partial charge in [-0.1, -0.05) is 24.3 Å². The fourth-order valence-corrected chi connectivity index (χ4v) is 4.96. The summed E-state index contributed by atoms with van der Waals surface area (Å²) in [5.74, 6) is 0.144. The maximum absolute atomic E-state index is 13.5. The van der Waals surface area contributed by atoms with E-state index in [9.17, 15) is 18.0 Å². The first-order valence-corrected chi connectivity index (χ1v) is 11.6. The minimum absolute atomic E-state index is 0.0633. The molecule has 1 aliphatic rings. The third kappa shape index (κ3) is 4.54. The Morgan fingerprint density at radius 2 is 1.76 bits per heavy atom. The van der Waals surface area contributed by atoms with Gasteiger partial charge in [0.05, 0.1) is 24.2 Å². The number of carbonyl (C=O) groups is 2. The van der Waals surface area contributed by atoms with Crippen molar-refractivity contribution in [1.82, 2.24) is 0 Å². The molecule has 33 heavy (non-hydrogen) atoms. The summed E-state index contributed by atoms with van der Waals surface area (Å²) in [5, 5.41) is 2.71. The minimum atomic E-state index is -3.98.